The zero-order valence-electron chi connectivity index (χ0n) is 5.31. The summed E-state index contributed by atoms with van der Waals surface area (Å²) in [5.41, 5.74) is 0. The highest BCUT2D eigenvalue weighted by Crippen LogP contribution is 1.96. The number of hydrogen-bond acceptors (Lipinski definition) is 0. The van der Waals surface area contributed by atoms with Crippen molar-refractivity contribution in [1.29, 1.82) is 0 Å². The van der Waals surface area contributed by atoms with Gasteiger partial charge in [-0.2, -0.15) is 4.68 Å². The normalized spacial score (nSPS) is 8.78. The first-order chi connectivity index (χ1) is 3.70. The number of rotatable bonds is 0. The van der Waals surface area contributed by atoms with Crippen molar-refractivity contribution in [2.75, 3.05) is 0 Å². The molecule has 0 aliphatic heterocycles. The Balaban J connectivity index is 0.000000640. The maximum atomic E-state index is 2.28. The van der Waals surface area contributed by atoms with Gasteiger partial charge in [0, 0.05) is 0 Å². The molecule has 0 saturated carbocycles. The Bertz CT molecular complexity index is 175. The van der Waals surface area contributed by atoms with Crippen LogP contribution in [0.25, 0.3) is 0 Å². The molecule has 1 aromatic rings. The summed E-state index contributed by atoms with van der Waals surface area (Å²) in [6, 6.07) is 0. The van der Waals surface area contributed by atoms with Gasteiger partial charge in [-0.3, -0.25) is 0 Å². The first-order valence-corrected chi connectivity index (χ1v) is 3.46. The van der Waals surface area contributed by atoms with E-state index in [9.17, 15) is 0 Å². The summed E-state index contributed by atoms with van der Waals surface area (Å²) in [5.74, 6) is 0. The van der Waals surface area contributed by atoms with Crippen molar-refractivity contribution in [2.24, 2.45) is 14.1 Å². The second kappa shape index (κ2) is 3.75. The van der Waals surface area contributed by atoms with E-state index in [0.717, 1.165) is 0 Å². The van der Waals surface area contributed by atoms with E-state index < -0.39 is 0 Å². The van der Waals surface area contributed by atoms with Crippen LogP contribution in [-0.2, 0) is 14.1 Å². The molecule has 0 amide bonds. The van der Waals surface area contributed by atoms with Crippen molar-refractivity contribution in [3.05, 3.63) is 16.0 Å². The third-order valence-electron chi connectivity index (χ3n) is 1.12. The molecule has 2 nitrogen and oxygen atoms in total. The van der Waals surface area contributed by atoms with Gasteiger partial charge in [-0.15, -0.1) is 4.68 Å². The average molecular weight is 350 g/mol. The SMILES string of the molecule is Cn1cc(I)c[n+]1C.[I-]. The van der Waals surface area contributed by atoms with Gasteiger partial charge in [0.25, 0.3) is 0 Å². The number of hydrogen-bond donors (Lipinski definition) is 0. The van der Waals surface area contributed by atoms with Crippen LogP contribution >= 0.6 is 22.6 Å². The van der Waals surface area contributed by atoms with Crippen LogP contribution in [0.2, 0.25) is 0 Å². The second-order valence-electron chi connectivity index (χ2n) is 1.79. The molecule has 1 rings (SSSR count). The lowest BCUT2D eigenvalue weighted by Crippen LogP contribution is -3.00. The molecular weight excluding hydrogens is 342 g/mol. The van der Waals surface area contributed by atoms with Crippen LogP contribution < -0.4 is 28.7 Å². The van der Waals surface area contributed by atoms with Gasteiger partial charge in [0.2, 0.25) is 6.20 Å². The summed E-state index contributed by atoms with van der Waals surface area (Å²) in [5, 5.41) is 0. The largest absolute Gasteiger partial charge is 1.00 e. The molecule has 0 radical (unpaired) electrons. The van der Waals surface area contributed by atoms with Gasteiger partial charge in [-0.25, -0.2) is 0 Å². The molecule has 0 saturated heterocycles. The van der Waals surface area contributed by atoms with Crippen molar-refractivity contribution >= 4 is 22.6 Å². The smallest absolute Gasteiger partial charge is 0.208 e. The molecule has 9 heavy (non-hydrogen) atoms. The monoisotopic (exact) mass is 350 g/mol. The van der Waals surface area contributed by atoms with Crippen molar-refractivity contribution in [3.8, 4) is 0 Å². The van der Waals surface area contributed by atoms with E-state index in [0.29, 0.717) is 0 Å². The van der Waals surface area contributed by atoms with Gasteiger partial charge in [0.05, 0.1) is 13.2 Å². The molecule has 1 aromatic heterocycles. The lowest BCUT2D eigenvalue weighted by molar-refractivity contribution is -0.751. The highest BCUT2D eigenvalue weighted by molar-refractivity contribution is 14.1. The molecular formula is C5H8I2N2. The minimum Gasteiger partial charge on any atom is -1.00 e. The molecule has 0 N–H and O–H groups in total. The fourth-order valence-corrected chi connectivity index (χ4v) is 1.38. The van der Waals surface area contributed by atoms with Crippen molar-refractivity contribution in [3.63, 3.8) is 0 Å². The molecule has 0 bridgehead atoms. The maximum absolute atomic E-state index is 2.28. The predicted octanol–water partition coefficient (Wildman–Crippen LogP) is -2.54. The molecule has 4 heteroatoms. The summed E-state index contributed by atoms with van der Waals surface area (Å²) in [7, 11) is 4.03. The molecule has 0 spiro atoms. The van der Waals surface area contributed by atoms with Gasteiger partial charge in [0.1, 0.15) is 3.57 Å². The average Bonchev–Trinajstić information content (AvgIpc) is 1.85. The third-order valence-corrected chi connectivity index (χ3v) is 1.68. The van der Waals surface area contributed by atoms with Gasteiger partial charge >= 0.3 is 0 Å². The van der Waals surface area contributed by atoms with Crippen molar-refractivity contribution in [1.82, 2.24) is 4.68 Å². The summed E-state index contributed by atoms with van der Waals surface area (Å²) in [6.07, 6.45) is 4.14. The molecule has 0 atom stereocenters. The molecule has 52 valence electrons. The predicted molar refractivity (Wildman–Crippen MR) is 39.3 cm³/mol. The van der Waals surface area contributed by atoms with Crippen LogP contribution in [0.3, 0.4) is 0 Å². The number of aryl methyl sites for hydroxylation is 2. The molecule has 1 heterocycles. The van der Waals surface area contributed by atoms with Gasteiger partial charge < -0.3 is 24.0 Å². The van der Waals surface area contributed by atoms with Gasteiger partial charge in [-0.1, -0.05) is 0 Å². The Labute approximate surface area is 85.4 Å². The Morgan fingerprint density at radius 3 is 2.33 bits per heavy atom. The topological polar surface area (TPSA) is 8.81 Å². The molecule has 0 aliphatic carbocycles. The second-order valence-corrected chi connectivity index (χ2v) is 3.04. The first kappa shape index (κ1) is 9.67. The number of nitrogens with zero attached hydrogens (tertiary/aromatic N) is 2. The van der Waals surface area contributed by atoms with Crippen molar-refractivity contribution in [2.45, 2.75) is 0 Å². The van der Waals surface area contributed by atoms with E-state index in [4.69, 9.17) is 0 Å². The summed E-state index contributed by atoms with van der Waals surface area (Å²) in [4.78, 5) is 0. The van der Waals surface area contributed by atoms with Gasteiger partial charge in [-0.05, 0) is 22.6 Å². The zero-order chi connectivity index (χ0) is 6.15. The van der Waals surface area contributed by atoms with E-state index >= 15 is 0 Å². The summed E-state index contributed by atoms with van der Waals surface area (Å²) >= 11 is 2.28. The van der Waals surface area contributed by atoms with E-state index in [1.54, 1.807) is 0 Å². The third kappa shape index (κ3) is 2.40. The molecule has 0 fully saturated rings. The van der Waals surface area contributed by atoms with Crippen LogP contribution in [-0.4, -0.2) is 4.68 Å². The molecule has 0 aromatic carbocycles. The van der Waals surface area contributed by atoms with Crippen LogP contribution in [0.15, 0.2) is 12.4 Å². The zero-order valence-corrected chi connectivity index (χ0v) is 9.62. The number of halogens is 2. The van der Waals surface area contributed by atoms with E-state index in [1.807, 2.05) is 23.5 Å². The Morgan fingerprint density at radius 2 is 2.22 bits per heavy atom. The summed E-state index contributed by atoms with van der Waals surface area (Å²) in [6.45, 7) is 0. The lowest BCUT2D eigenvalue weighted by atomic mass is 10.7. The van der Waals surface area contributed by atoms with Crippen LogP contribution in [0.5, 0.6) is 0 Å². The number of aromatic nitrogens is 2. The Morgan fingerprint density at radius 1 is 1.67 bits per heavy atom. The first-order valence-electron chi connectivity index (χ1n) is 2.38. The highest BCUT2D eigenvalue weighted by atomic mass is 127. The highest BCUT2D eigenvalue weighted by Gasteiger charge is 1.98. The maximum Gasteiger partial charge on any atom is 0.208 e. The van der Waals surface area contributed by atoms with Crippen LogP contribution in [0.1, 0.15) is 0 Å². The molecule has 0 unspecified atom stereocenters. The quantitative estimate of drug-likeness (QED) is 0.360. The standard InChI is InChI=1S/C5H8IN2.HI/c1-7-3-5(6)4-8(7)2;/h3-4H,1-2H3;1H/q+1;/p-1. The summed E-state index contributed by atoms with van der Waals surface area (Å²) < 4.78 is 5.33. The Hall–Kier alpha value is 0.670. The van der Waals surface area contributed by atoms with Gasteiger partial charge in [0.15, 0.2) is 7.05 Å². The minimum atomic E-state index is 0. The molecule has 0 aliphatic rings. The van der Waals surface area contributed by atoms with E-state index in [-0.39, 0.29) is 24.0 Å². The van der Waals surface area contributed by atoms with E-state index in [2.05, 4.69) is 35.0 Å². The van der Waals surface area contributed by atoms with Crippen molar-refractivity contribution < 1.29 is 28.7 Å². The van der Waals surface area contributed by atoms with Crippen LogP contribution in [0.4, 0.5) is 0 Å². The fourth-order valence-electron chi connectivity index (χ4n) is 0.572. The minimum absolute atomic E-state index is 0. The van der Waals surface area contributed by atoms with E-state index in [1.165, 1.54) is 3.57 Å². The lowest BCUT2D eigenvalue weighted by Gasteiger charge is -1.82. The Kier molecular flexibility index (Phi) is 4.02. The fraction of sp³-hybridized carbons (Fsp3) is 0.400. The van der Waals surface area contributed by atoms with Crippen LogP contribution in [0, 0.1) is 3.57 Å².